The van der Waals surface area contributed by atoms with Crippen LogP contribution in [0.25, 0.3) is 0 Å². The number of hydrogen-bond acceptors (Lipinski definition) is 7. The Hall–Kier alpha value is -2.32. The SMILES string of the molecule is CCCCCCCCc1ccc(OCCOCCOCCOCCOCCOc2ccc(N)cc2)cc1. The summed E-state index contributed by atoms with van der Waals surface area (Å²) < 4.78 is 33.4. The molecule has 2 aromatic carbocycles. The first kappa shape index (κ1) is 30.9. The zero-order valence-corrected chi connectivity index (χ0v) is 22.7. The highest BCUT2D eigenvalue weighted by Crippen LogP contribution is 2.15. The van der Waals surface area contributed by atoms with Crippen molar-refractivity contribution in [2.24, 2.45) is 0 Å². The number of nitrogens with two attached hydrogens (primary N) is 1. The molecule has 2 aromatic rings. The van der Waals surface area contributed by atoms with E-state index in [0.717, 1.165) is 23.6 Å². The van der Waals surface area contributed by atoms with Crippen LogP contribution in [0.5, 0.6) is 11.5 Å². The Balaban J connectivity index is 1.29. The normalized spacial score (nSPS) is 11.1. The molecule has 0 aromatic heterocycles. The molecule has 2 rings (SSSR count). The van der Waals surface area contributed by atoms with Gasteiger partial charge in [0, 0.05) is 5.69 Å². The highest BCUT2D eigenvalue weighted by Gasteiger charge is 1.98. The molecule has 7 nitrogen and oxygen atoms in total. The molecule has 0 bridgehead atoms. The monoisotopic (exact) mass is 517 g/mol. The minimum atomic E-state index is 0.490. The number of rotatable bonds is 24. The first-order chi connectivity index (χ1) is 18.3. The molecule has 37 heavy (non-hydrogen) atoms. The van der Waals surface area contributed by atoms with Crippen molar-refractivity contribution in [3.05, 3.63) is 54.1 Å². The van der Waals surface area contributed by atoms with Gasteiger partial charge in [0.2, 0.25) is 0 Å². The largest absolute Gasteiger partial charge is 0.491 e. The van der Waals surface area contributed by atoms with E-state index in [4.69, 9.17) is 34.2 Å². The molecule has 0 aliphatic heterocycles. The second-order valence-corrected chi connectivity index (χ2v) is 8.88. The zero-order valence-electron chi connectivity index (χ0n) is 22.7. The Bertz CT molecular complexity index is 769. The van der Waals surface area contributed by atoms with Crippen LogP contribution in [0.2, 0.25) is 0 Å². The van der Waals surface area contributed by atoms with Crippen LogP contribution in [0.1, 0.15) is 51.0 Å². The van der Waals surface area contributed by atoms with Crippen LogP contribution in [-0.4, -0.2) is 66.1 Å². The van der Waals surface area contributed by atoms with E-state index in [-0.39, 0.29) is 0 Å². The molecule has 0 aliphatic carbocycles. The van der Waals surface area contributed by atoms with Crippen molar-refractivity contribution in [1.82, 2.24) is 0 Å². The number of anilines is 1. The zero-order chi connectivity index (χ0) is 26.2. The lowest BCUT2D eigenvalue weighted by Crippen LogP contribution is -2.14. The molecular formula is C30H47NO6. The van der Waals surface area contributed by atoms with Gasteiger partial charge in [-0.15, -0.1) is 0 Å². The lowest BCUT2D eigenvalue weighted by Gasteiger charge is -2.09. The predicted octanol–water partition coefficient (Wildman–Crippen LogP) is 5.70. The summed E-state index contributed by atoms with van der Waals surface area (Å²) in [5.41, 5.74) is 7.74. The molecule has 0 saturated heterocycles. The summed E-state index contributed by atoms with van der Waals surface area (Å²) in [5, 5.41) is 0. The van der Waals surface area contributed by atoms with Crippen molar-refractivity contribution in [2.75, 3.05) is 71.8 Å². The Morgan fingerprint density at radius 2 is 0.892 bits per heavy atom. The number of unbranched alkanes of at least 4 members (excludes halogenated alkanes) is 5. The van der Waals surface area contributed by atoms with E-state index in [9.17, 15) is 0 Å². The third kappa shape index (κ3) is 16.9. The molecule has 0 aliphatic rings. The predicted molar refractivity (Wildman–Crippen MR) is 149 cm³/mol. The molecular weight excluding hydrogens is 470 g/mol. The van der Waals surface area contributed by atoms with E-state index in [1.54, 1.807) is 0 Å². The highest BCUT2D eigenvalue weighted by molar-refractivity contribution is 5.41. The number of nitrogen functional groups attached to an aromatic ring is 1. The van der Waals surface area contributed by atoms with E-state index in [1.807, 2.05) is 24.3 Å². The minimum absolute atomic E-state index is 0.490. The molecule has 0 heterocycles. The highest BCUT2D eigenvalue weighted by atomic mass is 16.6. The van der Waals surface area contributed by atoms with E-state index in [1.165, 1.54) is 44.1 Å². The molecule has 0 spiro atoms. The van der Waals surface area contributed by atoms with Gasteiger partial charge in [-0.25, -0.2) is 0 Å². The van der Waals surface area contributed by atoms with Crippen LogP contribution in [0.15, 0.2) is 48.5 Å². The molecule has 0 saturated carbocycles. The van der Waals surface area contributed by atoms with Gasteiger partial charge in [-0.3, -0.25) is 0 Å². The number of benzene rings is 2. The van der Waals surface area contributed by atoms with Gasteiger partial charge in [-0.1, -0.05) is 51.2 Å². The van der Waals surface area contributed by atoms with Gasteiger partial charge in [0.1, 0.15) is 24.7 Å². The molecule has 2 N–H and O–H groups in total. The first-order valence-corrected chi connectivity index (χ1v) is 13.8. The Kier molecular flexibility index (Phi) is 18.2. The van der Waals surface area contributed by atoms with E-state index < -0.39 is 0 Å². The maximum absolute atomic E-state index is 5.75. The van der Waals surface area contributed by atoms with Crippen molar-refractivity contribution in [2.45, 2.75) is 51.9 Å². The maximum Gasteiger partial charge on any atom is 0.119 e. The van der Waals surface area contributed by atoms with Gasteiger partial charge >= 0.3 is 0 Å². The Labute approximate surface area is 223 Å². The van der Waals surface area contributed by atoms with E-state index in [2.05, 4.69) is 31.2 Å². The van der Waals surface area contributed by atoms with Gasteiger partial charge in [0.15, 0.2) is 0 Å². The van der Waals surface area contributed by atoms with Crippen molar-refractivity contribution in [1.29, 1.82) is 0 Å². The fraction of sp³-hybridized carbons (Fsp3) is 0.600. The second-order valence-electron chi connectivity index (χ2n) is 8.88. The molecule has 208 valence electrons. The molecule has 0 radical (unpaired) electrons. The third-order valence-corrected chi connectivity index (χ3v) is 5.73. The summed E-state index contributed by atoms with van der Waals surface area (Å²) in [6.45, 7) is 7.52. The number of hydrogen-bond donors (Lipinski definition) is 1. The van der Waals surface area contributed by atoms with Crippen LogP contribution < -0.4 is 15.2 Å². The lowest BCUT2D eigenvalue weighted by molar-refractivity contribution is -0.00698. The second kappa shape index (κ2) is 21.7. The first-order valence-electron chi connectivity index (χ1n) is 13.8. The molecule has 0 fully saturated rings. The summed E-state index contributed by atoms with van der Waals surface area (Å²) in [7, 11) is 0. The summed E-state index contributed by atoms with van der Waals surface area (Å²) in [6, 6.07) is 15.7. The molecule has 0 amide bonds. The molecule has 7 heteroatoms. The number of aryl methyl sites for hydroxylation is 1. The van der Waals surface area contributed by atoms with Crippen molar-refractivity contribution < 1.29 is 28.4 Å². The third-order valence-electron chi connectivity index (χ3n) is 5.73. The van der Waals surface area contributed by atoms with Crippen molar-refractivity contribution >= 4 is 5.69 Å². The standard InChI is InChI=1S/C30H47NO6/c1-2-3-4-5-6-7-8-27-9-13-29(14-10-27)36-25-23-34-21-19-32-17-18-33-20-22-35-24-26-37-30-15-11-28(31)12-16-30/h9-16H,2-8,17-26,31H2,1H3. The van der Waals surface area contributed by atoms with E-state index in [0.29, 0.717) is 66.1 Å². The van der Waals surface area contributed by atoms with Gasteiger partial charge in [-0.05, 0) is 54.8 Å². The summed E-state index contributed by atoms with van der Waals surface area (Å²) >= 11 is 0. The average molecular weight is 518 g/mol. The Morgan fingerprint density at radius 1 is 0.486 bits per heavy atom. The lowest BCUT2D eigenvalue weighted by atomic mass is 10.0. The quantitative estimate of drug-likeness (QED) is 0.141. The maximum atomic E-state index is 5.75. The summed E-state index contributed by atoms with van der Waals surface area (Å²) in [4.78, 5) is 0. The van der Waals surface area contributed by atoms with Gasteiger partial charge in [-0.2, -0.15) is 0 Å². The fourth-order valence-electron chi connectivity index (χ4n) is 3.62. The van der Waals surface area contributed by atoms with Crippen LogP contribution >= 0.6 is 0 Å². The van der Waals surface area contributed by atoms with Gasteiger partial charge in [0.05, 0.1) is 52.9 Å². The Morgan fingerprint density at radius 3 is 1.38 bits per heavy atom. The minimum Gasteiger partial charge on any atom is -0.491 e. The van der Waals surface area contributed by atoms with Crippen LogP contribution in [0, 0.1) is 0 Å². The van der Waals surface area contributed by atoms with Crippen LogP contribution in [-0.2, 0) is 25.4 Å². The molecule has 0 unspecified atom stereocenters. The van der Waals surface area contributed by atoms with Gasteiger partial charge < -0.3 is 34.2 Å². The van der Waals surface area contributed by atoms with Crippen molar-refractivity contribution in [3.63, 3.8) is 0 Å². The summed E-state index contributed by atoms with van der Waals surface area (Å²) in [6.07, 6.45) is 9.13. The number of ether oxygens (including phenoxy) is 6. The topological polar surface area (TPSA) is 81.4 Å². The fourth-order valence-corrected chi connectivity index (χ4v) is 3.62. The van der Waals surface area contributed by atoms with E-state index >= 15 is 0 Å². The van der Waals surface area contributed by atoms with Crippen molar-refractivity contribution in [3.8, 4) is 11.5 Å². The smallest absolute Gasteiger partial charge is 0.119 e. The summed E-state index contributed by atoms with van der Waals surface area (Å²) in [5.74, 6) is 1.67. The molecule has 0 atom stereocenters. The van der Waals surface area contributed by atoms with Gasteiger partial charge in [0.25, 0.3) is 0 Å². The van der Waals surface area contributed by atoms with Crippen LogP contribution in [0.3, 0.4) is 0 Å². The van der Waals surface area contributed by atoms with Crippen LogP contribution in [0.4, 0.5) is 5.69 Å². The average Bonchev–Trinajstić information content (AvgIpc) is 2.92.